The molecule has 0 radical (unpaired) electrons. The summed E-state index contributed by atoms with van der Waals surface area (Å²) in [7, 11) is 3.17. The largest absolute Gasteiger partial charge is 0.493 e. The summed E-state index contributed by atoms with van der Waals surface area (Å²) < 4.78 is 10.4. The molecule has 3 N–H and O–H groups in total. The molecule has 0 aliphatic heterocycles. The number of aromatic nitrogens is 2. The van der Waals surface area contributed by atoms with Crippen molar-refractivity contribution in [1.82, 2.24) is 9.97 Å². The maximum atomic E-state index is 11.2. The maximum Gasteiger partial charge on any atom is 0.327 e. The van der Waals surface area contributed by atoms with Gasteiger partial charge in [-0.15, -0.1) is 0 Å². The minimum Gasteiger partial charge on any atom is -0.493 e. The number of nitrogens with one attached hydrogen (secondary N) is 3. The Labute approximate surface area is 120 Å². The SMILES string of the molecule is COc1ccc(CCNc2cc(=O)[nH]c(=O)[nH]2)cc1OC. The van der Waals surface area contributed by atoms with Crippen molar-refractivity contribution >= 4 is 5.82 Å². The first-order valence-corrected chi connectivity index (χ1v) is 6.41. The van der Waals surface area contributed by atoms with Gasteiger partial charge in [0.05, 0.1) is 14.2 Å². The normalized spacial score (nSPS) is 10.2. The van der Waals surface area contributed by atoms with Crippen LogP contribution < -0.4 is 26.0 Å². The van der Waals surface area contributed by atoms with E-state index in [0.717, 1.165) is 5.56 Å². The van der Waals surface area contributed by atoms with E-state index in [9.17, 15) is 9.59 Å². The standard InChI is InChI=1S/C14H17N3O4/c1-20-10-4-3-9(7-11(10)21-2)5-6-15-12-8-13(18)17-14(19)16-12/h3-4,7-8H,5-6H2,1-2H3,(H3,15,16,17,18,19). The van der Waals surface area contributed by atoms with E-state index in [1.807, 2.05) is 18.2 Å². The van der Waals surface area contributed by atoms with E-state index in [4.69, 9.17) is 9.47 Å². The van der Waals surface area contributed by atoms with Gasteiger partial charge in [-0.25, -0.2) is 4.79 Å². The molecule has 1 aromatic heterocycles. The Hall–Kier alpha value is -2.70. The van der Waals surface area contributed by atoms with Crippen LogP contribution in [0.2, 0.25) is 0 Å². The third-order valence-electron chi connectivity index (χ3n) is 2.94. The summed E-state index contributed by atoms with van der Waals surface area (Å²) in [6.45, 7) is 0.564. The molecule has 0 unspecified atom stereocenters. The second-order valence-corrected chi connectivity index (χ2v) is 4.37. The van der Waals surface area contributed by atoms with Crippen LogP contribution in [0.15, 0.2) is 33.9 Å². The van der Waals surface area contributed by atoms with Crippen LogP contribution in [0.1, 0.15) is 5.56 Å². The third-order valence-corrected chi connectivity index (χ3v) is 2.94. The van der Waals surface area contributed by atoms with Crippen molar-refractivity contribution in [1.29, 1.82) is 0 Å². The van der Waals surface area contributed by atoms with E-state index < -0.39 is 11.2 Å². The lowest BCUT2D eigenvalue weighted by Crippen LogP contribution is -2.23. The highest BCUT2D eigenvalue weighted by Gasteiger charge is 2.04. The van der Waals surface area contributed by atoms with E-state index in [0.29, 0.717) is 30.3 Å². The van der Waals surface area contributed by atoms with Crippen molar-refractivity contribution in [3.8, 4) is 11.5 Å². The summed E-state index contributed by atoms with van der Waals surface area (Å²) in [6.07, 6.45) is 0.704. The Morgan fingerprint density at radius 1 is 1.05 bits per heavy atom. The van der Waals surface area contributed by atoms with Crippen LogP contribution in [0.4, 0.5) is 5.82 Å². The van der Waals surface area contributed by atoms with Crippen molar-refractivity contribution in [2.45, 2.75) is 6.42 Å². The van der Waals surface area contributed by atoms with Crippen molar-refractivity contribution in [2.75, 3.05) is 26.1 Å². The van der Waals surface area contributed by atoms with Crippen LogP contribution in [0.3, 0.4) is 0 Å². The molecule has 7 nitrogen and oxygen atoms in total. The van der Waals surface area contributed by atoms with Crippen LogP contribution in [0.5, 0.6) is 11.5 Å². The zero-order chi connectivity index (χ0) is 15.2. The summed E-state index contributed by atoms with van der Waals surface area (Å²) >= 11 is 0. The van der Waals surface area contributed by atoms with E-state index in [2.05, 4.69) is 15.3 Å². The zero-order valence-corrected chi connectivity index (χ0v) is 11.9. The molecule has 0 saturated carbocycles. The summed E-state index contributed by atoms with van der Waals surface area (Å²) in [5.41, 5.74) is 0.0795. The van der Waals surface area contributed by atoms with Gasteiger partial charge in [0, 0.05) is 12.6 Å². The van der Waals surface area contributed by atoms with Crippen molar-refractivity contribution in [3.63, 3.8) is 0 Å². The van der Waals surface area contributed by atoms with Gasteiger partial charge >= 0.3 is 5.69 Å². The minimum absolute atomic E-state index is 0.393. The quantitative estimate of drug-likeness (QED) is 0.729. The minimum atomic E-state index is -0.531. The van der Waals surface area contributed by atoms with Crippen molar-refractivity contribution in [2.24, 2.45) is 0 Å². The molecule has 0 atom stereocenters. The van der Waals surface area contributed by atoms with Crippen LogP contribution >= 0.6 is 0 Å². The molecule has 1 heterocycles. The second kappa shape index (κ2) is 6.65. The second-order valence-electron chi connectivity index (χ2n) is 4.37. The van der Waals surface area contributed by atoms with Crippen molar-refractivity contribution in [3.05, 3.63) is 50.7 Å². The monoisotopic (exact) mass is 291 g/mol. The van der Waals surface area contributed by atoms with Gasteiger partial charge < -0.3 is 14.8 Å². The van der Waals surface area contributed by atoms with Crippen LogP contribution in [-0.4, -0.2) is 30.7 Å². The number of rotatable bonds is 6. The number of methoxy groups -OCH3 is 2. The predicted octanol–water partition coefficient (Wildman–Crippen LogP) is 0.735. The molecule has 21 heavy (non-hydrogen) atoms. The molecule has 2 rings (SSSR count). The Morgan fingerprint density at radius 2 is 1.81 bits per heavy atom. The van der Waals surface area contributed by atoms with Gasteiger partial charge in [0.1, 0.15) is 5.82 Å². The lowest BCUT2D eigenvalue weighted by atomic mass is 10.1. The summed E-state index contributed by atoms with van der Waals surface area (Å²) in [4.78, 5) is 26.9. The number of ether oxygens (including phenoxy) is 2. The highest BCUT2D eigenvalue weighted by molar-refractivity contribution is 5.43. The average Bonchev–Trinajstić information content (AvgIpc) is 2.46. The van der Waals surface area contributed by atoms with Crippen molar-refractivity contribution < 1.29 is 9.47 Å². The lowest BCUT2D eigenvalue weighted by Gasteiger charge is -2.10. The number of benzene rings is 1. The fourth-order valence-corrected chi connectivity index (χ4v) is 1.94. The molecule has 1 aromatic carbocycles. The van der Waals surface area contributed by atoms with Crippen LogP contribution in [-0.2, 0) is 6.42 Å². The van der Waals surface area contributed by atoms with E-state index in [-0.39, 0.29) is 0 Å². The number of aromatic amines is 2. The Morgan fingerprint density at radius 3 is 2.48 bits per heavy atom. The molecule has 112 valence electrons. The summed E-state index contributed by atoms with van der Waals surface area (Å²) in [6, 6.07) is 6.96. The molecule has 0 aliphatic rings. The van der Waals surface area contributed by atoms with Gasteiger partial charge in [-0.2, -0.15) is 0 Å². The van der Waals surface area contributed by atoms with Gasteiger partial charge in [-0.05, 0) is 24.1 Å². The zero-order valence-electron chi connectivity index (χ0n) is 11.9. The first kappa shape index (κ1) is 14.7. The number of anilines is 1. The molecule has 0 bridgehead atoms. The first-order chi connectivity index (χ1) is 10.1. The van der Waals surface area contributed by atoms with Gasteiger partial charge in [0.15, 0.2) is 11.5 Å². The molecule has 7 heteroatoms. The van der Waals surface area contributed by atoms with Gasteiger partial charge in [-0.3, -0.25) is 14.8 Å². The molecule has 0 saturated heterocycles. The average molecular weight is 291 g/mol. The fraction of sp³-hybridized carbons (Fsp3) is 0.286. The Kier molecular flexibility index (Phi) is 4.65. The Balaban J connectivity index is 2.00. The maximum absolute atomic E-state index is 11.2. The highest BCUT2D eigenvalue weighted by Crippen LogP contribution is 2.27. The Bertz CT molecular complexity index is 692. The lowest BCUT2D eigenvalue weighted by molar-refractivity contribution is 0.354. The molecule has 0 fully saturated rings. The van der Waals surface area contributed by atoms with Gasteiger partial charge in [0.25, 0.3) is 5.56 Å². The molecular weight excluding hydrogens is 274 g/mol. The molecule has 0 aliphatic carbocycles. The summed E-state index contributed by atoms with van der Waals surface area (Å²) in [5.74, 6) is 1.73. The van der Waals surface area contributed by atoms with E-state index in [1.54, 1.807) is 14.2 Å². The highest BCUT2D eigenvalue weighted by atomic mass is 16.5. The van der Waals surface area contributed by atoms with E-state index >= 15 is 0 Å². The topological polar surface area (TPSA) is 96.2 Å². The smallest absolute Gasteiger partial charge is 0.327 e. The molecule has 0 amide bonds. The summed E-state index contributed by atoms with van der Waals surface area (Å²) in [5, 5.41) is 2.99. The van der Waals surface area contributed by atoms with Gasteiger partial charge in [0.2, 0.25) is 0 Å². The van der Waals surface area contributed by atoms with Crippen LogP contribution in [0, 0.1) is 0 Å². The molecule has 2 aromatic rings. The molecule has 0 spiro atoms. The number of H-pyrrole nitrogens is 2. The van der Waals surface area contributed by atoms with Gasteiger partial charge in [-0.1, -0.05) is 6.07 Å². The number of hydrogen-bond acceptors (Lipinski definition) is 5. The predicted molar refractivity (Wildman–Crippen MR) is 79.4 cm³/mol. The number of hydrogen-bond donors (Lipinski definition) is 3. The first-order valence-electron chi connectivity index (χ1n) is 6.41. The van der Waals surface area contributed by atoms with E-state index in [1.165, 1.54) is 6.07 Å². The van der Waals surface area contributed by atoms with Crippen LogP contribution in [0.25, 0.3) is 0 Å². The third kappa shape index (κ3) is 3.88. The molecular formula is C14H17N3O4. The fourth-order valence-electron chi connectivity index (χ4n) is 1.94.